The fourth-order valence-electron chi connectivity index (χ4n) is 3.04. The monoisotopic (exact) mass is 436 g/mol. The third-order valence-electron chi connectivity index (χ3n) is 4.69. The molecule has 1 aromatic heterocycles. The van der Waals surface area contributed by atoms with Crippen LogP contribution in [-0.2, 0) is 4.79 Å². The second kappa shape index (κ2) is 9.95. The van der Waals surface area contributed by atoms with Gasteiger partial charge in [-0.2, -0.15) is 0 Å². The lowest BCUT2D eigenvalue weighted by Gasteiger charge is -2.15. The zero-order valence-electron chi connectivity index (χ0n) is 17.8. The van der Waals surface area contributed by atoms with Crippen LogP contribution in [0.2, 0.25) is 0 Å². The maximum absolute atomic E-state index is 13.1. The maximum atomic E-state index is 13.1. The number of carbonyl (C=O) groups is 2. The third-order valence-corrected chi connectivity index (χ3v) is 5.51. The van der Waals surface area contributed by atoms with E-state index in [1.54, 1.807) is 24.3 Å². The van der Waals surface area contributed by atoms with E-state index in [9.17, 15) is 9.59 Å². The van der Waals surface area contributed by atoms with Gasteiger partial charge in [0, 0.05) is 16.1 Å². The Hall–Kier alpha value is -3.58. The number of benzene rings is 2. The lowest BCUT2D eigenvalue weighted by molar-refractivity contribution is -0.113. The summed E-state index contributed by atoms with van der Waals surface area (Å²) in [6.45, 7) is 3.85. The Bertz CT molecular complexity index is 1100. The minimum Gasteiger partial charge on any atom is -0.493 e. The largest absolute Gasteiger partial charge is 0.493 e. The van der Waals surface area contributed by atoms with E-state index in [-0.39, 0.29) is 5.70 Å². The molecule has 1 heterocycles. The summed E-state index contributed by atoms with van der Waals surface area (Å²) in [4.78, 5) is 26.9. The zero-order valence-corrected chi connectivity index (χ0v) is 18.6. The van der Waals surface area contributed by atoms with Crippen LogP contribution < -0.4 is 20.1 Å². The molecule has 3 aromatic rings. The van der Waals surface area contributed by atoms with Crippen molar-refractivity contribution in [1.29, 1.82) is 0 Å². The van der Waals surface area contributed by atoms with Crippen LogP contribution >= 0.6 is 11.3 Å². The summed E-state index contributed by atoms with van der Waals surface area (Å²) >= 11 is 1.47. The molecule has 0 bridgehead atoms. The summed E-state index contributed by atoms with van der Waals surface area (Å²) in [6.07, 6.45) is 1.66. The summed E-state index contributed by atoms with van der Waals surface area (Å²) in [6, 6.07) is 14.4. The molecule has 2 N–H and O–H groups in total. The van der Waals surface area contributed by atoms with Crippen molar-refractivity contribution in [3.8, 4) is 11.5 Å². The molecule has 0 atom stereocenters. The average molecular weight is 437 g/mol. The molecule has 31 heavy (non-hydrogen) atoms. The van der Waals surface area contributed by atoms with Gasteiger partial charge in [0.15, 0.2) is 11.5 Å². The number of aryl methyl sites for hydroxylation is 2. The molecule has 2 aromatic carbocycles. The SMILES string of the molecule is COc1ccc(C(=O)N/C(=C\c2cccs2)C(=O)Nc2c(C)cccc2C)cc1OC. The lowest BCUT2D eigenvalue weighted by Crippen LogP contribution is -2.31. The zero-order chi connectivity index (χ0) is 22.4. The number of thiophene rings is 1. The highest BCUT2D eigenvalue weighted by atomic mass is 32.1. The first kappa shape index (κ1) is 22.1. The number of hydrogen-bond donors (Lipinski definition) is 2. The third kappa shape index (κ3) is 5.32. The summed E-state index contributed by atoms with van der Waals surface area (Å²) in [5.74, 6) is 0.111. The van der Waals surface area contributed by atoms with Gasteiger partial charge in [0.05, 0.1) is 14.2 Å². The first-order chi connectivity index (χ1) is 14.9. The van der Waals surface area contributed by atoms with Gasteiger partial charge in [0.1, 0.15) is 5.70 Å². The Labute approximate surface area is 185 Å². The lowest BCUT2D eigenvalue weighted by atomic mass is 10.1. The van der Waals surface area contributed by atoms with E-state index in [0.29, 0.717) is 17.1 Å². The highest BCUT2D eigenvalue weighted by Gasteiger charge is 2.18. The summed E-state index contributed by atoms with van der Waals surface area (Å²) < 4.78 is 10.5. The Balaban J connectivity index is 1.89. The molecule has 0 aliphatic heterocycles. The topological polar surface area (TPSA) is 76.7 Å². The number of para-hydroxylation sites is 1. The minimum atomic E-state index is -0.430. The van der Waals surface area contributed by atoms with E-state index >= 15 is 0 Å². The molecule has 6 nitrogen and oxygen atoms in total. The molecular formula is C24H24N2O4S. The highest BCUT2D eigenvalue weighted by molar-refractivity contribution is 7.10. The molecule has 2 amide bonds. The molecule has 0 unspecified atom stereocenters. The Morgan fingerprint density at radius 3 is 2.26 bits per heavy atom. The van der Waals surface area contributed by atoms with Crippen LogP contribution in [0.25, 0.3) is 6.08 Å². The summed E-state index contributed by atoms with van der Waals surface area (Å²) in [5, 5.41) is 7.57. The van der Waals surface area contributed by atoms with Crippen LogP contribution in [0.1, 0.15) is 26.4 Å². The number of carbonyl (C=O) groups excluding carboxylic acids is 2. The number of ether oxygens (including phenoxy) is 2. The quantitative estimate of drug-likeness (QED) is 0.522. The van der Waals surface area contributed by atoms with E-state index in [0.717, 1.165) is 21.7 Å². The molecule has 7 heteroatoms. The van der Waals surface area contributed by atoms with Crippen LogP contribution in [0, 0.1) is 13.8 Å². The predicted molar refractivity (Wildman–Crippen MR) is 124 cm³/mol. The molecule has 0 saturated heterocycles. The van der Waals surface area contributed by atoms with E-state index in [1.807, 2.05) is 49.6 Å². The van der Waals surface area contributed by atoms with Gasteiger partial charge in [-0.05, 0) is 60.7 Å². The van der Waals surface area contributed by atoms with Crippen molar-refractivity contribution in [3.05, 3.63) is 81.2 Å². The molecule has 0 aliphatic carbocycles. The number of hydrogen-bond acceptors (Lipinski definition) is 5. The number of rotatable bonds is 7. The van der Waals surface area contributed by atoms with Crippen molar-refractivity contribution in [3.63, 3.8) is 0 Å². The second-order valence-corrected chi connectivity index (χ2v) is 7.80. The molecule has 160 valence electrons. The normalized spacial score (nSPS) is 11.0. The van der Waals surface area contributed by atoms with Gasteiger partial charge < -0.3 is 20.1 Å². The highest BCUT2D eigenvalue weighted by Crippen LogP contribution is 2.28. The van der Waals surface area contributed by atoms with Crippen molar-refractivity contribution in [2.45, 2.75) is 13.8 Å². The number of anilines is 1. The summed E-state index contributed by atoms with van der Waals surface area (Å²) in [7, 11) is 3.02. The van der Waals surface area contributed by atoms with Crippen LogP contribution in [0.5, 0.6) is 11.5 Å². The van der Waals surface area contributed by atoms with E-state index in [1.165, 1.54) is 25.6 Å². The number of amides is 2. The van der Waals surface area contributed by atoms with Gasteiger partial charge in [-0.1, -0.05) is 24.3 Å². The number of nitrogens with one attached hydrogen (secondary N) is 2. The fourth-order valence-corrected chi connectivity index (χ4v) is 3.70. The molecule has 0 spiro atoms. The van der Waals surface area contributed by atoms with Gasteiger partial charge in [-0.3, -0.25) is 9.59 Å². The van der Waals surface area contributed by atoms with Crippen molar-refractivity contribution in [2.24, 2.45) is 0 Å². The Morgan fingerprint density at radius 1 is 0.935 bits per heavy atom. The second-order valence-electron chi connectivity index (χ2n) is 6.82. The average Bonchev–Trinajstić information content (AvgIpc) is 3.28. The Morgan fingerprint density at radius 2 is 1.65 bits per heavy atom. The van der Waals surface area contributed by atoms with Crippen molar-refractivity contribution in [2.75, 3.05) is 19.5 Å². The van der Waals surface area contributed by atoms with Gasteiger partial charge >= 0.3 is 0 Å². The standard InChI is InChI=1S/C24H24N2O4S/c1-15-7-5-8-16(2)22(15)26-24(28)19(14-18-9-6-12-31-18)25-23(27)17-10-11-20(29-3)21(13-17)30-4/h5-14H,1-4H3,(H,25,27)(H,26,28)/b19-14-. The molecule has 0 radical (unpaired) electrons. The van der Waals surface area contributed by atoms with Crippen molar-refractivity contribution in [1.82, 2.24) is 5.32 Å². The van der Waals surface area contributed by atoms with E-state index in [2.05, 4.69) is 10.6 Å². The van der Waals surface area contributed by atoms with Gasteiger partial charge in [-0.15, -0.1) is 11.3 Å². The van der Waals surface area contributed by atoms with Crippen LogP contribution in [0.3, 0.4) is 0 Å². The molecule has 0 fully saturated rings. The molecular weight excluding hydrogens is 412 g/mol. The van der Waals surface area contributed by atoms with Gasteiger partial charge in [-0.25, -0.2) is 0 Å². The Kier molecular flexibility index (Phi) is 7.10. The number of methoxy groups -OCH3 is 2. The van der Waals surface area contributed by atoms with Gasteiger partial charge in [0.2, 0.25) is 0 Å². The minimum absolute atomic E-state index is 0.143. The predicted octanol–water partition coefficient (Wildman–Crippen LogP) is 4.79. The van der Waals surface area contributed by atoms with Crippen LogP contribution in [-0.4, -0.2) is 26.0 Å². The first-order valence-corrected chi connectivity index (χ1v) is 10.5. The molecule has 0 saturated carbocycles. The maximum Gasteiger partial charge on any atom is 0.272 e. The van der Waals surface area contributed by atoms with Crippen molar-refractivity contribution < 1.29 is 19.1 Å². The van der Waals surface area contributed by atoms with E-state index < -0.39 is 11.8 Å². The van der Waals surface area contributed by atoms with Crippen LogP contribution in [0.15, 0.2) is 59.6 Å². The smallest absolute Gasteiger partial charge is 0.272 e. The fraction of sp³-hybridized carbons (Fsp3) is 0.167. The first-order valence-electron chi connectivity index (χ1n) is 9.59. The van der Waals surface area contributed by atoms with Gasteiger partial charge in [0.25, 0.3) is 11.8 Å². The van der Waals surface area contributed by atoms with Crippen molar-refractivity contribution >= 4 is 34.9 Å². The molecule has 3 rings (SSSR count). The van der Waals surface area contributed by atoms with E-state index in [4.69, 9.17) is 9.47 Å². The van der Waals surface area contributed by atoms with Crippen LogP contribution in [0.4, 0.5) is 5.69 Å². The summed E-state index contributed by atoms with van der Waals surface area (Å²) in [5.41, 5.74) is 3.09. The molecule has 0 aliphatic rings.